The summed E-state index contributed by atoms with van der Waals surface area (Å²) in [6.07, 6.45) is 10.5. The second-order valence-electron chi connectivity index (χ2n) is 3.97. The van der Waals surface area contributed by atoms with E-state index in [9.17, 15) is 0 Å². The summed E-state index contributed by atoms with van der Waals surface area (Å²) in [5, 5.41) is 0.634. The van der Waals surface area contributed by atoms with Crippen molar-refractivity contribution in [2.45, 2.75) is 6.54 Å². The fraction of sp³-hybridized carbons (Fsp3) is 0.133. The molecule has 1 aromatic carbocycles. The van der Waals surface area contributed by atoms with E-state index in [1.807, 2.05) is 16.8 Å². The zero-order chi connectivity index (χ0) is 13.7. The lowest BCUT2D eigenvalue weighted by atomic mass is 10.1. The van der Waals surface area contributed by atoms with E-state index in [-0.39, 0.29) is 6.61 Å². The molecule has 1 aromatic heterocycles. The number of ether oxygens (including phenoxy) is 1. The number of halogens is 1. The van der Waals surface area contributed by atoms with Crippen molar-refractivity contribution in [3.63, 3.8) is 0 Å². The maximum Gasteiger partial charge on any atom is 0.148 e. The molecule has 0 aliphatic carbocycles. The lowest BCUT2D eigenvalue weighted by Gasteiger charge is -2.13. The van der Waals surface area contributed by atoms with Crippen molar-refractivity contribution in [3.8, 4) is 18.1 Å². The molecule has 0 fully saturated rings. The van der Waals surface area contributed by atoms with Gasteiger partial charge in [-0.2, -0.15) is 0 Å². The zero-order valence-electron chi connectivity index (χ0n) is 10.3. The highest BCUT2D eigenvalue weighted by Gasteiger charge is 2.09. The monoisotopic (exact) mass is 272 g/mol. The van der Waals surface area contributed by atoms with Crippen molar-refractivity contribution in [2.24, 2.45) is 0 Å². The molecule has 0 atom stereocenters. The lowest BCUT2D eigenvalue weighted by Crippen LogP contribution is -2.01. The van der Waals surface area contributed by atoms with Crippen LogP contribution in [-0.4, -0.2) is 16.2 Å². The lowest BCUT2D eigenvalue weighted by molar-refractivity contribution is 0.369. The number of nitrogens with zero attached hydrogens (tertiary/aromatic N) is 2. The molecule has 96 valence electrons. The molecule has 3 nitrogen and oxygen atoms in total. The highest BCUT2D eigenvalue weighted by atomic mass is 35.5. The fourth-order valence-corrected chi connectivity index (χ4v) is 1.88. The number of imidazole rings is 1. The number of aromatic nitrogens is 2. The van der Waals surface area contributed by atoms with Crippen molar-refractivity contribution in [1.29, 1.82) is 0 Å². The molecule has 2 rings (SSSR count). The van der Waals surface area contributed by atoms with Gasteiger partial charge in [-0.05, 0) is 23.8 Å². The zero-order valence-corrected chi connectivity index (χ0v) is 11.1. The van der Waals surface area contributed by atoms with Crippen LogP contribution < -0.4 is 4.74 Å². The molecule has 2 aromatic rings. The Bertz CT molecular complexity index is 612. The maximum absolute atomic E-state index is 6.02. The van der Waals surface area contributed by atoms with E-state index in [1.165, 1.54) is 0 Å². The Balaban J connectivity index is 2.24. The van der Waals surface area contributed by atoms with Crippen LogP contribution in [0.15, 0.2) is 43.5 Å². The Labute approximate surface area is 117 Å². The van der Waals surface area contributed by atoms with Crippen LogP contribution in [0, 0.1) is 12.3 Å². The van der Waals surface area contributed by atoms with Gasteiger partial charge in [0.1, 0.15) is 12.4 Å². The van der Waals surface area contributed by atoms with Crippen LogP contribution >= 0.6 is 11.6 Å². The van der Waals surface area contributed by atoms with Crippen LogP contribution in [0.4, 0.5) is 0 Å². The van der Waals surface area contributed by atoms with Gasteiger partial charge in [0.2, 0.25) is 0 Å². The largest absolute Gasteiger partial charge is 0.480 e. The van der Waals surface area contributed by atoms with E-state index < -0.39 is 0 Å². The molecule has 0 amide bonds. The van der Waals surface area contributed by atoms with Crippen LogP contribution in [0.5, 0.6) is 5.75 Å². The summed E-state index contributed by atoms with van der Waals surface area (Å²) in [5.74, 6) is 3.13. The van der Waals surface area contributed by atoms with Gasteiger partial charge in [0.15, 0.2) is 0 Å². The summed E-state index contributed by atoms with van der Waals surface area (Å²) in [6, 6.07) is 5.39. The molecular weight excluding hydrogens is 260 g/mol. The van der Waals surface area contributed by atoms with Gasteiger partial charge in [-0.3, -0.25) is 0 Å². The van der Waals surface area contributed by atoms with E-state index in [1.54, 1.807) is 24.7 Å². The van der Waals surface area contributed by atoms with Crippen molar-refractivity contribution >= 4 is 17.2 Å². The molecular formula is C15H13ClN2O. The van der Waals surface area contributed by atoms with E-state index in [2.05, 4.69) is 17.5 Å². The molecule has 0 spiro atoms. The number of rotatable bonds is 5. The summed E-state index contributed by atoms with van der Waals surface area (Å²) < 4.78 is 7.43. The molecule has 0 N–H and O–H groups in total. The topological polar surface area (TPSA) is 27.1 Å². The van der Waals surface area contributed by atoms with E-state index in [0.29, 0.717) is 17.3 Å². The van der Waals surface area contributed by atoms with Crippen LogP contribution in [0.3, 0.4) is 0 Å². The molecule has 19 heavy (non-hydrogen) atoms. The molecule has 0 aliphatic rings. The summed E-state index contributed by atoms with van der Waals surface area (Å²) in [6.45, 7) is 4.90. The highest BCUT2D eigenvalue weighted by Crippen LogP contribution is 2.29. The smallest absolute Gasteiger partial charge is 0.148 e. The summed E-state index contributed by atoms with van der Waals surface area (Å²) in [7, 11) is 0. The maximum atomic E-state index is 6.02. The second-order valence-corrected chi connectivity index (χ2v) is 4.41. The molecule has 0 saturated carbocycles. The van der Waals surface area contributed by atoms with Gasteiger partial charge < -0.3 is 9.30 Å². The number of benzene rings is 1. The molecule has 4 heteroatoms. The summed E-state index contributed by atoms with van der Waals surface area (Å²) >= 11 is 6.02. The molecule has 0 radical (unpaired) electrons. The first-order valence-electron chi connectivity index (χ1n) is 5.70. The van der Waals surface area contributed by atoms with Gasteiger partial charge in [-0.1, -0.05) is 24.1 Å². The predicted octanol–water partition coefficient (Wildman–Crippen LogP) is 3.26. The first-order chi connectivity index (χ1) is 9.20. The molecule has 0 aliphatic heterocycles. The highest BCUT2D eigenvalue weighted by molar-refractivity contribution is 6.30. The molecule has 0 unspecified atom stereocenters. The minimum absolute atomic E-state index is 0.215. The summed E-state index contributed by atoms with van der Waals surface area (Å²) in [5.41, 5.74) is 1.74. The third-order valence-electron chi connectivity index (χ3n) is 2.57. The minimum atomic E-state index is 0.215. The van der Waals surface area contributed by atoms with Gasteiger partial charge in [-0.15, -0.1) is 6.42 Å². The minimum Gasteiger partial charge on any atom is -0.480 e. The Morgan fingerprint density at radius 1 is 1.53 bits per heavy atom. The number of allylic oxidation sites excluding steroid dienone is 1. The predicted molar refractivity (Wildman–Crippen MR) is 77.0 cm³/mol. The van der Waals surface area contributed by atoms with E-state index >= 15 is 0 Å². The van der Waals surface area contributed by atoms with Crippen molar-refractivity contribution < 1.29 is 4.74 Å². The standard InChI is InChI=1S/C15H13ClN2O/c1-3-8-19-15-5-4-13(16)9-14(15)12(2)10-18-7-6-17-11-18/h1,4-7,9,11H,2,8,10H2. The average Bonchev–Trinajstić information content (AvgIpc) is 2.90. The first-order valence-corrected chi connectivity index (χ1v) is 6.08. The number of hydrogen-bond donors (Lipinski definition) is 0. The molecule has 1 heterocycles. The number of terminal acetylenes is 1. The third-order valence-corrected chi connectivity index (χ3v) is 2.80. The Morgan fingerprint density at radius 3 is 3.05 bits per heavy atom. The van der Waals surface area contributed by atoms with Crippen LogP contribution in [0.2, 0.25) is 5.02 Å². The Hall–Kier alpha value is -2.18. The average molecular weight is 273 g/mol. The van der Waals surface area contributed by atoms with Crippen LogP contribution in [0.25, 0.3) is 5.57 Å². The quantitative estimate of drug-likeness (QED) is 0.781. The molecule has 0 saturated heterocycles. The van der Waals surface area contributed by atoms with Crippen LogP contribution in [0.1, 0.15) is 5.56 Å². The van der Waals surface area contributed by atoms with Gasteiger partial charge in [0.05, 0.1) is 6.33 Å². The van der Waals surface area contributed by atoms with Crippen molar-refractivity contribution in [2.75, 3.05) is 6.61 Å². The summed E-state index contributed by atoms with van der Waals surface area (Å²) in [4.78, 5) is 4.00. The normalized spacial score (nSPS) is 9.89. The van der Waals surface area contributed by atoms with Gasteiger partial charge in [0.25, 0.3) is 0 Å². The van der Waals surface area contributed by atoms with E-state index in [4.69, 9.17) is 22.8 Å². The second kappa shape index (κ2) is 6.12. The van der Waals surface area contributed by atoms with Crippen LogP contribution in [-0.2, 0) is 6.54 Å². The van der Waals surface area contributed by atoms with Gasteiger partial charge in [-0.25, -0.2) is 4.98 Å². The van der Waals surface area contributed by atoms with Crippen molar-refractivity contribution in [3.05, 3.63) is 54.1 Å². The SMILES string of the molecule is C#CCOc1ccc(Cl)cc1C(=C)Cn1ccnc1. The van der Waals surface area contributed by atoms with Gasteiger partial charge >= 0.3 is 0 Å². The van der Waals surface area contributed by atoms with E-state index in [0.717, 1.165) is 11.1 Å². The molecule has 0 bridgehead atoms. The first kappa shape index (κ1) is 13.3. The fourth-order valence-electron chi connectivity index (χ4n) is 1.71. The number of hydrogen-bond acceptors (Lipinski definition) is 2. The Morgan fingerprint density at radius 2 is 2.37 bits per heavy atom. The Kier molecular flexibility index (Phi) is 4.27. The van der Waals surface area contributed by atoms with Gasteiger partial charge in [0, 0.05) is 29.5 Å². The third kappa shape index (κ3) is 3.40. The van der Waals surface area contributed by atoms with Crippen molar-refractivity contribution in [1.82, 2.24) is 9.55 Å².